The van der Waals surface area contributed by atoms with Crippen molar-refractivity contribution in [2.75, 3.05) is 10.6 Å². The van der Waals surface area contributed by atoms with Crippen molar-refractivity contribution in [1.29, 1.82) is 0 Å². The zero-order valence-corrected chi connectivity index (χ0v) is 31.4. The van der Waals surface area contributed by atoms with Crippen LogP contribution in [0.1, 0.15) is 0 Å². The molecule has 0 atom stereocenters. The molecule has 10 aromatic rings. The lowest BCUT2D eigenvalue weighted by atomic mass is 10.0. The van der Waals surface area contributed by atoms with Crippen LogP contribution in [-0.2, 0) is 0 Å². The number of aromatic nitrogens is 4. The fourth-order valence-corrected chi connectivity index (χ4v) is 7.25. The summed E-state index contributed by atoms with van der Waals surface area (Å²) >= 11 is 0. The minimum Gasteiger partial charge on any atom is -0.356 e. The standard InChI is InChI=1S/C52H36N6/c1-3-11-37(12-4-1)49-51(57-47-17-9-7-15-45(47)55-49)39-23-31-43(32-24-39)53-41-27-19-35(20-28-41)36-21-29-42(30-22-36)54-44-33-25-40(26-34-44)52-50(38-13-5-2-6-14-38)56-46-16-8-10-18-48(46)58-52/h1-34,53-54H. The molecule has 0 saturated heterocycles. The molecule has 8 aromatic carbocycles. The molecule has 2 aromatic heterocycles. The van der Waals surface area contributed by atoms with Crippen LogP contribution in [0.4, 0.5) is 22.7 Å². The number of anilines is 4. The van der Waals surface area contributed by atoms with Gasteiger partial charge in [0.15, 0.2) is 0 Å². The van der Waals surface area contributed by atoms with Crippen molar-refractivity contribution in [2.24, 2.45) is 0 Å². The number of hydrogen-bond donors (Lipinski definition) is 2. The molecule has 0 fully saturated rings. The predicted molar refractivity (Wildman–Crippen MR) is 239 cm³/mol. The lowest BCUT2D eigenvalue weighted by molar-refractivity contribution is 1.29. The molecule has 0 aliphatic heterocycles. The van der Waals surface area contributed by atoms with Crippen LogP contribution < -0.4 is 10.6 Å². The van der Waals surface area contributed by atoms with E-state index in [4.69, 9.17) is 19.9 Å². The predicted octanol–water partition coefficient (Wildman–Crippen LogP) is 13.4. The minimum absolute atomic E-state index is 0.866. The van der Waals surface area contributed by atoms with Crippen LogP contribution in [0.25, 0.3) is 78.2 Å². The zero-order valence-electron chi connectivity index (χ0n) is 31.4. The summed E-state index contributed by atoms with van der Waals surface area (Å²) in [6.07, 6.45) is 0. The SMILES string of the molecule is c1ccc(-c2nc3ccccc3nc2-c2ccc(Nc3ccc(-c4ccc(Nc5ccc(-c6nc7ccccc7nc6-c6ccccc6)cc5)cc4)cc3)cc2)cc1. The van der Waals surface area contributed by atoms with Gasteiger partial charge >= 0.3 is 0 Å². The average Bonchev–Trinajstić information content (AvgIpc) is 3.30. The molecule has 0 saturated carbocycles. The highest BCUT2D eigenvalue weighted by atomic mass is 14.9. The van der Waals surface area contributed by atoms with Gasteiger partial charge in [0.05, 0.1) is 44.8 Å². The first-order valence-electron chi connectivity index (χ1n) is 19.3. The minimum atomic E-state index is 0.866. The Balaban J connectivity index is 0.816. The molecule has 0 unspecified atom stereocenters. The normalized spacial score (nSPS) is 11.1. The maximum atomic E-state index is 5.04. The summed E-state index contributed by atoms with van der Waals surface area (Å²) in [4.78, 5) is 20.1. The Labute approximate surface area is 336 Å². The third-order valence-electron chi connectivity index (χ3n) is 10.2. The second-order valence-corrected chi connectivity index (χ2v) is 14.1. The quantitative estimate of drug-likeness (QED) is 0.153. The largest absolute Gasteiger partial charge is 0.356 e. The molecule has 274 valence electrons. The Morgan fingerprint density at radius 3 is 0.707 bits per heavy atom. The van der Waals surface area contributed by atoms with Gasteiger partial charge in [-0.05, 0) is 83.9 Å². The van der Waals surface area contributed by atoms with Crippen molar-refractivity contribution in [3.05, 3.63) is 206 Å². The molecule has 6 heteroatoms. The number of fused-ring (bicyclic) bond motifs is 2. The van der Waals surface area contributed by atoms with Crippen LogP contribution in [0.3, 0.4) is 0 Å². The van der Waals surface area contributed by atoms with Gasteiger partial charge in [0, 0.05) is 45.0 Å². The molecular weight excluding hydrogens is 709 g/mol. The van der Waals surface area contributed by atoms with Crippen molar-refractivity contribution in [1.82, 2.24) is 19.9 Å². The maximum absolute atomic E-state index is 5.04. The zero-order chi connectivity index (χ0) is 38.7. The van der Waals surface area contributed by atoms with E-state index in [0.717, 1.165) is 101 Å². The number of nitrogens with zero attached hydrogens (tertiary/aromatic N) is 4. The van der Waals surface area contributed by atoms with Gasteiger partial charge in [-0.25, -0.2) is 19.9 Å². The number of rotatable bonds is 9. The van der Waals surface area contributed by atoms with E-state index in [2.05, 4.69) is 132 Å². The molecule has 0 radical (unpaired) electrons. The van der Waals surface area contributed by atoms with Gasteiger partial charge in [0.2, 0.25) is 0 Å². The Hall–Kier alpha value is -7.96. The van der Waals surface area contributed by atoms with Crippen molar-refractivity contribution < 1.29 is 0 Å². The number of para-hydroxylation sites is 4. The highest BCUT2D eigenvalue weighted by molar-refractivity contribution is 5.88. The van der Waals surface area contributed by atoms with Gasteiger partial charge in [-0.2, -0.15) is 0 Å². The number of benzene rings is 8. The Morgan fingerprint density at radius 1 is 0.207 bits per heavy atom. The Kier molecular flexibility index (Phi) is 9.10. The summed E-state index contributed by atoms with van der Waals surface area (Å²) in [6.45, 7) is 0. The van der Waals surface area contributed by atoms with E-state index in [0.29, 0.717) is 0 Å². The van der Waals surface area contributed by atoms with E-state index in [9.17, 15) is 0 Å². The van der Waals surface area contributed by atoms with E-state index in [1.165, 1.54) is 0 Å². The van der Waals surface area contributed by atoms with Crippen LogP contribution in [0, 0.1) is 0 Å². The molecule has 0 aliphatic rings. The fourth-order valence-electron chi connectivity index (χ4n) is 7.25. The monoisotopic (exact) mass is 744 g/mol. The molecular formula is C52H36N6. The van der Waals surface area contributed by atoms with Crippen LogP contribution in [-0.4, -0.2) is 19.9 Å². The summed E-state index contributed by atoms with van der Waals surface area (Å²) < 4.78 is 0. The van der Waals surface area contributed by atoms with Crippen LogP contribution in [0.5, 0.6) is 0 Å². The lowest BCUT2D eigenvalue weighted by Crippen LogP contribution is -1.96. The van der Waals surface area contributed by atoms with Gasteiger partial charge in [-0.15, -0.1) is 0 Å². The molecule has 6 nitrogen and oxygen atoms in total. The van der Waals surface area contributed by atoms with E-state index < -0.39 is 0 Å². The maximum Gasteiger partial charge on any atom is 0.0973 e. The van der Waals surface area contributed by atoms with Gasteiger partial charge in [0.1, 0.15) is 0 Å². The van der Waals surface area contributed by atoms with Gasteiger partial charge in [-0.1, -0.05) is 133 Å². The number of hydrogen-bond acceptors (Lipinski definition) is 6. The Morgan fingerprint density at radius 2 is 0.431 bits per heavy atom. The highest BCUT2D eigenvalue weighted by Crippen LogP contribution is 2.34. The first-order chi connectivity index (χ1) is 28.7. The van der Waals surface area contributed by atoms with E-state index in [-0.39, 0.29) is 0 Å². The molecule has 58 heavy (non-hydrogen) atoms. The molecule has 0 spiro atoms. The highest BCUT2D eigenvalue weighted by Gasteiger charge is 2.15. The van der Waals surface area contributed by atoms with Crippen molar-refractivity contribution >= 4 is 44.8 Å². The number of nitrogens with one attached hydrogen (secondary N) is 2. The summed E-state index contributed by atoms with van der Waals surface area (Å²) in [7, 11) is 0. The first-order valence-corrected chi connectivity index (χ1v) is 19.3. The lowest BCUT2D eigenvalue weighted by Gasteiger charge is -2.13. The molecule has 10 rings (SSSR count). The summed E-state index contributed by atoms with van der Waals surface area (Å²) in [5, 5.41) is 7.11. The van der Waals surface area contributed by atoms with Crippen molar-refractivity contribution in [2.45, 2.75) is 0 Å². The Bertz CT molecular complexity index is 2790. The second kappa shape index (κ2) is 15.3. The third-order valence-corrected chi connectivity index (χ3v) is 10.2. The average molecular weight is 745 g/mol. The molecule has 0 bridgehead atoms. The molecule has 2 N–H and O–H groups in total. The van der Waals surface area contributed by atoms with E-state index >= 15 is 0 Å². The topological polar surface area (TPSA) is 75.6 Å². The first kappa shape index (κ1) is 34.5. The van der Waals surface area contributed by atoms with Crippen LogP contribution in [0.2, 0.25) is 0 Å². The third kappa shape index (κ3) is 7.14. The summed E-state index contributed by atoms with van der Waals surface area (Å²) in [5.41, 5.74) is 17.4. The summed E-state index contributed by atoms with van der Waals surface area (Å²) in [5.74, 6) is 0. The van der Waals surface area contributed by atoms with Crippen LogP contribution in [0.15, 0.2) is 206 Å². The van der Waals surface area contributed by atoms with Crippen molar-refractivity contribution in [3.8, 4) is 56.2 Å². The van der Waals surface area contributed by atoms with Crippen molar-refractivity contribution in [3.63, 3.8) is 0 Å². The van der Waals surface area contributed by atoms with Gasteiger partial charge in [0.25, 0.3) is 0 Å². The van der Waals surface area contributed by atoms with Crippen LogP contribution >= 0.6 is 0 Å². The van der Waals surface area contributed by atoms with E-state index in [1.807, 2.05) is 84.9 Å². The fraction of sp³-hybridized carbons (Fsp3) is 0. The smallest absolute Gasteiger partial charge is 0.0973 e. The van der Waals surface area contributed by atoms with Gasteiger partial charge < -0.3 is 10.6 Å². The van der Waals surface area contributed by atoms with Gasteiger partial charge in [-0.3, -0.25) is 0 Å². The molecule has 0 aliphatic carbocycles. The summed E-state index contributed by atoms with van der Waals surface area (Å²) in [6, 6.07) is 70.4. The molecule has 2 heterocycles. The second-order valence-electron chi connectivity index (χ2n) is 14.1. The molecule has 0 amide bonds. The van der Waals surface area contributed by atoms with E-state index in [1.54, 1.807) is 0 Å².